The zero-order valence-corrected chi connectivity index (χ0v) is 10.6. The first-order chi connectivity index (χ1) is 8.28. The summed E-state index contributed by atoms with van der Waals surface area (Å²) in [4.78, 5) is 0. The predicted molar refractivity (Wildman–Crippen MR) is 70.2 cm³/mol. The first kappa shape index (κ1) is 12.1. The van der Waals surface area contributed by atoms with Crippen molar-refractivity contribution < 1.29 is 0 Å². The van der Waals surface area contributed by atoms with Crippen molar-refractivity contribution in [1.82, 2.24) is 15.1 Å². The van der Waals surface area contributed by atoms with Crippen LogP contribution in [-0.4, -0.2) is 16.3 Å². The molecular formula is C13H16ClN3. The first-order valence-corrected chi connectivity index (χ1v) is 6.12. The molecule has 90 valence electrons. The summed E-state index contributed by atoms with van der Waals surface area (Å²) in [6, 6.07) is 8.50. The largest absolute Gasteiger partial charge is 0.313 e. The highest BCUT2D eigenvalue weighted by Gasteiger charge is 1.99. The standard InChI is InChI=1S/C13H16ClN3/c1-2-15-7-11-4-3-5-12(6-11)9-17-10-13(14)8-16-17/h3-6,8,10,15H,2,7,9H2,1H3. The number of hydrogen-bond acceptors (Lipinski definition) is 2. The van der Waals surface area contributed by atoms with Crippen molar-refractivity contribution in [3.05, 3.63) is 52.8 Å². The van der Waals surface area contributed by atoms with E-state index in [1.165, 1.54) is 11.1 Å². The van der Waals surface area contributed by atoms with Crippen LogP contribution in [0.25, 0.3) is 0 Å². The van der Waals surface area contributed by atoms with E-state index in [9.17, 15) is 0 Å². The number of rotatable bonds is 5. The second-order valence-electron chi connectivity index (χ2n) is 3.96. The van der Waals surface area contributed by atoms with Gasteiger partial charge in [0.25, 0.3) is 0 Å². The number of nitrogens with zero attached hydrogens (tertiary/aromatic N) is 2. The van der Waals surface area contributed by atoms with Gasteiger partial charge in [-0.05, 0) is 17.7 Å². The predicted octanol–water partition coefficient (Wildman–Crippen LogP) is 2.69. The maximum Gasteiger partial charge on any atom is 0.0785 e. The minimum absolute atomic E-state index is 0.675. The zero-order valence-electron chi connectivity index (χ0n) is 9.86. The Morgan fingerprint density at radius 1 is 1.35 bits per heavy atom. The molecule has 1 N–H and O–H groups in total. The van der Waals surface area contributed by atoms with E-state index in [0.717, 1.165) is 19.6 Å². The summed E-state index contributed by atoms with van der Waals surface area (Å²) >= 11 is 5.83. The molecule has 1 aromatic heterocycles. The van der Waals surface area contributed by atoms with E-state index in [-0.39, 0.29) is 0 Å². The molecule has 0 aliphatic heterocycles. The van der Waals surface area contributed by atoms with Gasteiger partial charge in [0.15, 0.2) is 0 Å². The third-order valence-electron chi connectivity index (χ3n) is 2.52. The van der Waals surface area contributed by atoms with E-state index < -0.39 is 0 Å². The van der Waals surface area contributed by atoms with Crippen molar-refractivity contribution >= 4 is 11.6 Å². The molecule has 3 nitrogen and oxygen atoms in total. The summed E-state index contributed by atoms with van der Waals surface area (Å²) in [6.07, 6.45) is 3.49. The fraction of sp³-hybridized carbons (Fsp3) is 0.308. The van der Waals surface area contributed by atoms with Crippen molar-refractivity contribution in [2.75, 3.05) is 6.54 Å². The van der Waals surface area contributed by atoms with Gasteiger partial charge in [-0.1, -0.05) is 42.8 Å². The van der Waals surface area contributed by atoms with Gasteiger partial charge < -0.3 is 5.32 Å². The molecule has 2 rings (SSSR count). The van der Waals surface area contributed by atoms with E-state index in [2.05, 4.69) is 41.6 Å². The van der Waals surface area contributed by atoms with Crippen LogP contribution in [0.3, 0.4) is 0 Å². The van der Waals surface area contributed by atoms with Crippen LogP contribution in [0.5, 0.6) is 0 Å². The maximum absolute atomic E-state index is 5.83. The minimum Gasteiger partial charge on any atom is -0.313 e. The molecule has 0 spiro atoms. The van der Waals surface area contributed by atoms with E-state index in [1.54, 1.807) is 6.20 Å². The van der Waals surface area contributed by atoms with E-state index in [4.69, 9.17) is 11.6 Å². The van der Waals surface area contributed by atoms with Gasteiger partial charge in [0.05, 0.1) is 17.8 Å². The van der Waals surface area contributed by atoms with Crippen molar-refractivity contribution in [2.45, 2.75) is 20.0 Å². The molecule has 1 aromatic carbocycles. The highest BCUT2D eigenvalue weighted by atomic mass is 35.5. The lowest BCUT2D eigenvalue weighted by Crippen LogP contribution is -2.12. The lowest BCUT2D eigenvalue weighted by Gasteiger charge is -2.06. The van der Waals surface area contributed by atoms with Gasteiger partial charge in [-0.2, -0.15) is 5.10 Å². The third-order valence-corrected chi connectivity index (χ3v) is 2.71. The summed E-state index contributed by atoms with van der Waals surface area (Å²) < 4.78 is 1.84. The highest BCUT2D eigenvalue weighted by Crippen LogP contribution is 2.09. The normalized spacial score (nSPS) is 10.7. The van der Waals surface area contributed by atoms with Crippen LogP contribution >= 0.6 is 11.6 Å². The molecule has 0 atom stereocenters. The van der Waals surface area contributed by atoms with Gasteiger partial charge in [-0.3, -0.25) is 4.68 Å². The zero-order chi connectivity index (χ0) is 12.1. The van der Waals surface area contributed by atoms with Gasteiger partial charge in [0.1, 0.15) is 0 Å². The molecule has 0 unspecified atom stereocenters. The Kier molecular flexibility index (Phi) is 4.18. The van der Waals surface area contributed by atoms with E-state index in [0.29, 0.717) is 5.02 Å². The Balaban J connectivity index is 2.05. The van der Waals surface area contributed by atoms with Crippen molar-refractivity contribution in [2.24, 2.45) is 0 Å². The number of benzene rings is 1. The lowest BCUT2D eigenvalue weighted by molar-refractivity contribution is 0.683. The number of halogens is 1. The molecule has 0 bridgehead atoms. The van der Waals surface area contributed by atoms with Gasteiger partial charge in [-0.25, -0.2) is 0 Å². The molecule has 0 saturated carbocycles. The molecule has 0 radical (unpaired) electrons. The molecule has 1 heterocycles. The summed E-state index contributed by atoms with van der Waals surface area (Å²) in [5, 5.41) is 8.16. The fourth-order valence-corrected chi connectivity index (χ4v) is 1.88. The third kappa shape index (κ3) is 3.58. The Morgan fingerprint density at radius 2 is 2.18 bits per heavy atom. The fourth-order valence-electron chi connectivity index (χ4n) is 1.72. The highest BCUT2D eigenvalue weighted by molar-refractivity contribution is 6.30. The Morgan fingerprint density at radius 3 is 2.88 bits per heavy atom. The molecule has 0 saturated heterocycles. The Hall–Kier alpha value is -1.32. The molecule has 2 aromatic rings. The van der Waals surface area contributed by atoms with Gasteiger partial charge in [-0.15, -0.1) is 0 Å². The number of aromatic nitrogens is 2. The molecule has 17 heavy (non-hydrogen) atoms. The molecular weight excluding hydrogens is 234 g/mol. The Labute approximate surface area is 106 Å². The van der Waals surface area contributed by atoms with Crippen LogP contribution in [0.1, 0.15) is 18.1 Å². The maximum atomic E-state index is 5.83. The number of nitrogens with one attached hydrogen (secondary N) is 1. The number of hydrogen-bond donors (Lipinski definition) is 1. The van der Waals surface area contributed by atoms with Crippen LogP contribution in [-0.2, 0) is 13.1 Å². The summed E-state index contributed by atoms with van der Waals surface area (Å²) in [5.74, 6) is 0. The quantitative estimate of drug-likeness (QED) is 0.883. The van der Waals surface area contributed by atoms with Crippen LogP contribution in [0.4, 0.5) is 0 Å². The average Bonchev–Trinajstić information content (AvgIpc) is 2.73. The van der Waals surface area contributed by atoms with Crippen LogP contribution < -0.4 is 5.32 Å². The monoisotopic (exact) mass is 249 g/mol. The topological polar surface area (TPSA) is 29.9 Å². The average molecular weight is 250 g/mol. The van der Waals surface area contributed by atoms with Gasteiger partial charge >= 0.3 is 0 Å². The van der Waals surface area contributed by atoms with Crippen molar-refractivity contribution in [3.8, 4) is 0 Å². The molecule has 0 fully saturated rings. The summed E-state index contributed by atoms with van der Waals surface area (Å²) in [7, 11) is 0. The van der Waals surface area contributed by atoms with E-state index >= 15 is 0 Å². The molecule has 0 aliphatic carbocycles. The Bertz CT molecular complexity index is 479. The van der Waals surface area contributed by atoms with E-state index in [1.807, 2.05) is 10.9 Å². The van der Waals surface area contributed by atoms with Gasteiger partial charge in [0.2, 0.25) is 0 Å². The second-order valence-corrected chi connectivity index (χ2v) is 4.39. The molecule has 0 amide bonds. The molecule has 0 aliphatic rings. The van der Waals surface area contributed by atoms with Crippen LogP contribution in [0.2, 0.25) is 5.02 Å². The SMILES string of the molecule is CCNCc1cccc(Cn2cc(Cl)cn2)c1. The first-order valence-electron chi connectivity index (χ1n) is 5.74. The van der Waals surface area contributed by atoms with Crippen LogP contribution in [0, 0.1) is 0 Å². The summed E-state index contributed by atoms with van der Waals surface area (Å²) in [6.45, 7) is 4.76. The minimum atomic E-state index is 0.675. The lowest BCUT2D eigenvalue weighted by atomic mass is 10.1. The molecule has 4 heteroatoms. The smallest absolute Gasteiger partial charge is 0.0785 e. The second kappa shape index (κ2) is 5.84. The van der Waals surface area contributed by atoms with Gasteiger partial charge in [0, 0.05) is 12.7 Å². The van der Waals surface area contributed by atoms with Crippen molar-refractivity contribution in [3.63, 3.8) is 0 Å². The summed E-state index contributed by atoms with van der Waals surface area (Å²) in [5.41, 5.74) is 2.53. The van der Waals surface area contributed by atoms with Crippen LogP contribution in [0.15, 0.2) is 36.7 Å². The van der Waals surface area contributed by atoms with Crippen molar-refractivity contribution in [1.29, 1.82) is 0 Å².